The first-order valence-electron chi connectivity index (χ1n) is 10.1. The smallest absolute Gasteiger partial charge is 0.237 e. The van der Waals surface area contributed by atoms with Gasteiger partial charge in [0.05, 0.1) is 18.0 Å². The standard InChI is InChI=1S/C22H19N5O4S2/c28-17-6-3-15(4-7-17)27-22(23-24-25-27)33-14-21(29)26(13-18-2-1-11-32-18)16-5-8-19-20(12-16)31-10-9-30-19/h1-8,11-12,28H,9-10,13-14H2. The van der Waals surface area contributed by atoms with Crippen LogP contribution in [0.4, 0.5) is 5.69 Å². The first-order chi connectivity index (χ1) is 16.2. The van der Waals surface area contributed by atoms with Crippen LogP contribution >= 0.6 is 23.1 Å². The van der Waals surface area contributed by atoms with Crippen LogP contribution in [0.5, 0.6) is 17.2 Å². The maximum Gasteiger partial charge on any atom is 0.237 e. The number of aromatic hydroxyl groups is 1. The molecule has 11 heteroatoms. The number of fused-ring (bicyclic) bond motifs is 1. The number of phenols is 1. The SMILES string of the molecule is O=C(CSc1nnnn1-c1ccc(O)cc1)N(Cc1cccs1)c1ccc2c(c1)OCCO2. The van der Waals surface area contributed by atoms with Gasteiger partial charge < -0.3 is 19.5 Å². The van der Waals surface area contributed by atoms with E-state index in [1.54, 1.807) is 40.5 Å². The number of carbonyl (C=O) groups is 1. The van der Waals surface area contributed by atoms with Crippen molar-refractivity contribution in [3.8, 4) is 22.9 Å². The fourth-order valence-electron chi connectivity index (χ4n) is 3.31. The molecule has 2 aromatic heterocycles. The molecule has 1 N–H and O–H groups in total. The number of phenolic OH excluding ortho intramolecular Hbond substituents is 1. The summed E-state index contributed by atoms with van der Waals surface area (Å²) in [6.07, 6.45) is 0. The molecule has 33 heavy (non-hydrogen) atoms. The van der Waals surface area contributed by atoms with Gasteiger partial charge in [0.15, 0.2) is 11.5 Å². The number of tetrazole rings is 1. The van der Waals surface area contributed by atoms with Gasteiger partial charge in [0.25, 0.3) is 0 Å². The van der Waals surface area contributed by atoms with Crippen LogP contribution in [-0.2, 0) is 11.3 Å². The molecular formula is C22H19N5O4S2. The molecule has 4 aromatic rings. The molecule has 0 saturated heterocycles. The van der Waals surface area contributed by atoms with E-state index in [9.17, 15) is 9.90 Å². The molecule has 2 aromatic carbocycles. The first-order valence-corrected chi connectivity index (χ1v) is 12.0. The molecule has 0 bridgehead atoms. The molecule has 1 aliphatic heterocycles. The number of hydrogen-bond donors (Lipinski definition) is 1. The summed E-state index contributed by atoms with van der Waals surface area (Å²) in [7, 11) is 0. The largest absolute Gasteiger partial charge is 0.508 e. The van der Waals surface area contributed by atoms with Gasteiger partial charge in [-0.3, -0.25) is 4.79 Å². The minimum Gasteiger partial charge on any atom is -0.508 e. The second-order valence-electron chi connectivity index (χ2n) is 7.07. The lowest BCUT2D eigenvalue weighted by molar-refractivity contribution is -0.116. The summed E-state index contributed by atoms with van der Waals surface area (Å²) in [5.41, 5.74) is 1.42. The van der Waals surface area contributed by atoms with Crippen LogP contribution in [0.2, 0.25) is 0 Å². The molecule has 0 radical (unpaired) electrons. The Labute approximate surface area is 197 Å². The van der Waals surface area contributed by atoms with Crippen molar-refractivity contribution in [1.82, 2.24) is 20.2 Å². The highest BCUT2D eigenvalue weighted by Gasteiger charge is 2.22. The number of thioether (sulfide) groups is 1. The lowest BCUT2D eigenvalue weighted by atomic mass is 10.2. The Morgan fingerprint density at radius 2 is 1.94 bits per heavy atom. The predicted molar refractivity (Wildman–Crippen MR) is 124 cm³/mol. The summed E-state index contributed by atoms with van der Waals surface area (Å²) in [6.45, 7) is 1.43. The van der Waals surface area contributed by atoms with Gasteiger partial charge in [-0.1, -0.05) is 17.8 Å². The summed E-state index contributed by atoms with van der Waals surface area (Å²) in [5, 5.41) is 23.8. The van der Waals surface area contributed by atoms with E-state index in [1.165, 1.54) is 16.4 Å². The van der Waals surface area contributed by atoms with Crippen molar-refractivity contribution >= 4 is 34.7 Å². The maximum atomic E-state index is 13.4. The van der Waals surface area contributed by atoms with Crippen molar-refractivity contribution in [2.45, 2.75) is 11.7 Å². The third kappa shape index (κ3) is 4.78. The molecule has 3 heterocycles. The van der Waals surface area contributed by atoms with E-state index in [4.69, 9.17) is 9.47 Å². The van der Waals surface area contributed by atoms with Crippen LogP contribution in [0.25, 0.3) is 5.69 Å². The third-order valence-corrected chi connectivity index (χ3v) is 6.66. The topological polar surface area (TPSA) is 103 Å². The molecule has 0 fully saturated rings. The van der Waals surface area contributed by atoms with Gasteiger partial charge in [-0.15, -0.1) is 16.4 Å². The van der Waals surface area contributed by atoms with Gasteiger partial charge in [0, 0.05) is 16.6 Å². The molecule has 0 aliphatic carbocycles. The predicted octanol–water partition coefficient (Wildman–Crippen LogP) is 3.53. The maximum absolute atomic E-state index is 13.4. The van der Waals surface area contributed by atoms with Crippen LogP contribution in [0, 0.1) is 0 Å². The van der Waals surface area contributed by atoms with Gasteiger partial charge in [-0.05, 0) is 58.3 Å². The fourth-order valence-corrected chi connectivity index (χ4v) is 4.77. The number of thiophene rings is 1. The average molecular weight is 482 g/mol. The van der Waals surface area contributed by atoms with Crippen molar-refractivity contribution in [3.63, 3.8) is 0 Å². The number of rotatable bonds is 7. The number of hydrogen-bond acceptors (Lipinski definition) is 9. The minimum atomic E-state index is -0.0923. The molecule has 5 rings (SSSR count). The third-order valence-electron chi connectivity index (χ3n) is 4.89. The Balaban J connectivity index is 1.36. The summed E-state index contributed by atoms with van der Waals surface area (Å²) in [6, 6.07) is 16.0. The molecule has 1 aliphatic rings. The first kappa shape index (κ1) is 21.3. The molecular weight excluding hydrogens is 462 g/mol. The second kappa shape index (κ2) is 9.51. The summed E-state index contributed by atoms with van der Waals surface area (Å²) >= 11 is 2.84. The Hall–Kier alpha value is -3.57. The second-order valence-corrected chi connectivity index (χ2v) is 9.04. The van der Waals surface area contributed by atoms with Crippen molar-refractivity contribution in [2.75, 3.05) is 23.9 Å². The molecule has 0 unspecified atom stereocenters. The molecule has 1 amide bonds. The van der Waals surface area contributed by atoms with Crippen molar-refractivity contribution < 1.29 is 19.4 Å². The summed E-state index contributed by atoms with van der Waals surface area (Å²) < 4.78 is 12.9. The highest BCUT2D eigenvalue weighted by molar-refractivity contribution is 7.99. The van der Waals surface area contributed by atoms with Crippen molar-refractivity contribution in [2.24, 2.45) is 0 Å². The van der Waals surface area contributed by atoms with E-state index >= 15 is 0 Å². The van der Waals surface area contributed by atoms with Crippen LogP contribution in [0.15, 0.2) is 65.1 Å². The van der Waals surface area contributed by atoms with E-state index in [0.29, 0.717) is 42.1 Å². The number of ether oxygens (including phenoxy) is 2. The lowest BCUT2D eigenvalue weighted by Crippen LogP contribution is -2.32. The molecule has 168 valence electrons. The van der Waals surface area contributed by atoms with Gasteiger partial charge in [-0.25, -0.2) is 0 Å². The molecule has 0 saturated carbocycles. The fraction of sp³-hybridized carbons (Fsp3) is 0.182. The Kier molecular flexibility index (Phi) is 6.13. The molecule has 0 atom stereocenters. The number of aromatic nitrogens is 4. The van der Waals surface area contributed by atoms with Gasteiger partial charge >= 0.3 is 0 Å². The monoisotopic (exact) mass is 481 g/mol. The number of carbonyl (C=O) groups excluding carboxylic acids is 1. The number of amides is 1. The normalized spacial score (nSPS) is 12.5. The van der Waals surface area contributed by atoms with E-state index in [1.807, 2.05) is 35.7 Å². The van der Waals surface area contributed by atoms with Crippen LogP contribution in [0.3, 0.4) is 0 Å². The molecule has 9 nitrogen and oxygen atoms in total. The average Bonchev–Trinajstić information content (AvgIpc) is 3.53. The zero-order valence-electron chi connectivity index (χ0n) is 17.3. The van der Waals surface area contributed by atoms with E-state index in [0.717, 1.165) is 10.6 Å². The highest BCUT2D eigenvalue weighted by atomic mass is 32.2. The number of nitrogens with zero attached hydrogens (tertiary/aromatic N) is 5. The van der Waals surface area contributed by atoms with Crippen molar-refractivity contribution in [3.05, 3.63) is 64.9 Å². The van der Waals surface area contributed by atoms with E-state index in [-0.39, 0.29) is 17.4 Å². The Morgan fingerprint density at radius 1 is 1.12 bits per heavy atom. The van der Waals surface area contributed by atoms with Gasteiger partial charge in [-0.2, -0.15) is 4.68 Å². The number of benzene rings is 2. The Bertz CT molecular complexity index is 1240. The van der Waals surface area contributed by atoms with Crippen LogP contribution in [-0.4, -0.2) is 50.2 Å². The van der Waals surface area contributed by atoms with Gasteiger partial charge in [0.2, 0.25) is 11.1 Å². The summed E-state index contributed by atoms with van der Waals surface area (Å²) in [5.74, 6) is 1.51. The molecule has 0 spiro atoms. The van der Waals surface area contributed by atoms with E-state index in [2.05, 4.69) is 15.5 Å². The summed E-state index contributed by atoms with van der Waals surface area (Å²) in [4.78, 5) is 16.1. The quantitative estimate of drug-likeness (QED) is 0.400. The zero-order chi connectivity index (χ0) is 22.6. The lowest BCUT2D eigenvalue weighted by Gasteiger charge is -2.25. The number of anilines is 1. The van der Waals surface area contributed by atoms with E-state index < -0.39 is 0 Å². The highest BCUT2D eigenvalue weighted by Crippen LogP contribution is 2.35. The minimum absolute atomic E-state index is 0.0923. The van der Waals surface area contributed by atoms with Crippen molar-refractivity contribution in [1.29, 1.82) is 0 Å². The van der Waals surface area contributed by atoms with Gasteiger partial charge in [0.1, 0.15) is 19.0 Å². The van der Waals surface area contributed by atoms with Crippen LogP contribution < -0.4 is 14.4 Å². The van der Waals surface area contributed by atoms with Crippen LogP contribution in [0.1, 0.15) is 4.88 Å². The zero-order valence-corrected chi connectivity index (χ0v) is 19.0. The Morgan fingerprint density at radius 3 is 2.73 bits per heavy atom.